The molecule has 4 nitrogen and oxygen atoms in total. The van der Waals surface area contributed by atoms with E-state index < -0.39 is 0 Å². The van der Waals surface area contributed by atoms with Gasteiger partial charge in [-0.15, -0.1) is 0 Å². The first-order chi connectivity index (χ1) is 7.63. The van der Waals surface area contributed by atoms with Gasteiger partial charge in [-0.25, -0.2) is 4.98 Å². The van der Waals surface area contributed by atoms with E-state index in [9.17, 15) is 0 Å². The van der Waals surface area contributed by atoms with Gasteiger partial charge in [0.05, 0.1) is 0 Å². The lowest BCUT2D eigenvalue weighted by molar-refractivity contribution is 0.524. The van der Waals surface area contributed by atoms with E-state index in [2.05, 4.69) is 34.4 Å². The van der Waals surface area contributed by atoms with Crippen molar-refractivity contribution in [1.82, 2.24) is 20.6 Å². The minimum Gasteiger partial charge on any atom is -0.366 e. The Hall–Kier alpha value is -1.10. The molecule has 0 radical (unpaired) electrons. The van der Waals surface area contributed by atoms with Crippen LogP contribution < -0.4 is 10.6 Å². The van der Waals surface area contributed by atoms with E-state index in [1.54, 1.807) is 6.20 Å². The summed E-state index contributed by atoms with van der Waals surface area (Å²) in [4.78, 5) is 7.40. The molecule has 0 aliphatic heterocycles. The number of hydrogen-bond donors (Lipinski definition) is 3. The summed E-state index contributed by atoms with van der Waals surface area (Å²) in [5, 5.41) is 6.84. The topological polar surface area (TPSA) is 52.7 Å². The first-order valence-electron chi connectivity index (χ1n) is 5.61. The summed E-state index contributed by atoms with van der Waals surface area (Å²) in [5.74, 6) is 1.52. The Kier molecular flexibility index (Phi) is 5.25. The monoisotopic (exact) mass is 240 g/mol. The lowest BCUT2D eigenvalue weighted by Gasteiger charge is -2.17. The molecule has 0 aromatic carbocycles. The SMILES string of the molecule is CNC(=S)NC(C)CCC(C)c1ncc[nH]1. The van der Waals surface area contributed by atoms with Gasteiger partial charge >= 0.3 is 0 Å². The summed E-state index contributed by atoms with van der Waals surface area (Å²) >= 11 is 5.05. The second kappa shape index (κ2) is 6.48. The van der Waals surface area contributed by atoms with Crippen LogP contribution in [0.25, 0.3) is 0 Å². The van der Waals surface area contributed by atoms with Gasteiger partial charge in [0.1, 0.15) is 5.82 Å². The third kappa shape index (κ3) is 4.18. The molecule has 1 heterocycles. The van der Waals surface area contributed by atoms with Crippen LogP contribution in [0.5, 0.6) is 0 Å². The van der Waals surface area contributed by atoms with Gasteiger partial charge in [-0.05, 0) is 32.0 Å². The molecule has 0 saturated carbocycles. The smallest absolute Gasteiger partial charge is 0.166 e. The van der Waals surface area contributed by atoms with Crippen molar-refractivity contribution in [2.24, 2.45) is 0 Å². The third-order valence-electron chi connectivity index (χ3n) is 2.62. The zero-order valence-corrected chi connectivity index (χ0v) is 10.9. The number of rotatable bonds is 5. The Morgan fingerprint density at radius 2 is 2.25 bits per heavy atom. The lowest BCUT2D eigenvalue weighted by Crippen LogP contribution is -2.38. The van der Waals surface area contributed by atoms with E-state index in [4.69, 9.17) is 12.2 Å². The van der Waals surface area contributed by atoms with E-state index in [1.165, 1.54) is 0 Å². The van der Waals surface area contributed by atoms with Gasteiger partial charge in [0, 0.05) is 31.4 Å². The van der Waals surface area contributed by atoms with Crippen molar-refractivity contribution < 1.29 is 0 Å². The van der Waals surface area contributed by atoms with Crippen LogP contribution in [0.3, 0.4) is 0 Å². The van der Waals surface area contributed by atoms with Crippen LogP contribution >= 0.6 is 12.2 Å². The summed E-state index contributed by atoms with van der Waals surface area (Å²) in [6, 6.07) is 0.386. The van der Waals surface area contributed by atoms with Gasteiger partial charge in [0.2, 0.25) is 0 Å². The molecule has 16 heavy (non-hydrogen) atoms. The van der Waals surface area contributed by atoms with Gasteiger partial charge in [-0.3, -0.25) is 0 Å². The molecule has 0 spiro atoms. The number of hydrogen-bond acceptors (Lipinski definition) is 2. The maximum Gasteiger partial charge on any atom is 0.166 e. The number of aromatic amines is 1. The van der Waals surface area contributed by atoms with Gasteiger partial charge in [0.25, 0.3) is 0 Å². The molecule has 1 aromatic rings. The molecule has 1 aromatic heterocycles. The van der Waals surface area contributed by atoms with Crippen LogP contribution in [0, 0.1) is 0 Å². The first-order valence-corrected chi connectivity index (χ1v) is 6.01. The van der Waals surface area contributed by atoms with Gasteiger partial charge < -0.3 is 15.6 Å². The number of nitrogens with one attached hydrogen (secondary N) is 3. The molecule has 90 valence electrons. The van der Waals surface area contributed by atoms with Crippen molar-refractivity contribution >= 4 is 17.3 Å². The van der Waals surface area contributed by atoms with Gasteiger partial charge in [-0.1, -0.05) is 6.92 Å². The molecule has 0 saturated heterocycles. The number of imidazole rings is 1. The normalized spacial score (nSPS) is 14.2. The quantitative estimate of drug-likeness (QED) is 0.687. The van der Waals surface area contributed by atoms with Crippen molar-refractivity contribution in [3.05, 3.63) is 18.2 Å². The Balaban J connectivity index is 2.26. The highest BCUT2D eigenvalue weighted by Crippen LogP contribution is 2.17. The fraction of sp³-hybridized carbons (Fsp3) is 0.636. The van der Waals surface area contributed by atoms with Crippen molar-refractivity contribution in [3.8, 4) is 0 Å². The highest BCUT2D eigenvalue weighted by Gasteiger charge is 2.10. The summed E-state index contributed by atoms with van der Waals surface area (Å²) in [7, 11) is 1.83. The standard InChI is InChI=1S/C11H20N4S/c1-8(10-13-6-7-14-10)4-5-9(2)15-11(16)12-3/h6-9H,4-5H2,1-3H3,(H,13,14)(H2,12,15,16). The predicted octanol–water partition coefficient (Wildman–Crippen LogP) is 1.78. The van der Waals surface area contributed by atoms with Crippen molar-refractivity contribution in [1.29, 1.82) is 0 Å². The van der Waals surface area contributed by atoms with E-state index in [-0.39, 0.29) is 0 Å². The van der Waals surface area contributed by atoms with Crippen LogP contribution in [0.2, 0.25) is 0 Å². The molecule has 5 heteroatoms. The van der Waals surface area contributed by atoms with Crippen molar-refractivity contribution in [2.75, 3.05) is 7.05 Å². The molecule has 1 rings (SSSR count). The average Bonchev–Trinajstić information content (AvgIpc) is 2.79. The summed E-state index contributed by atoms with van der Waals surface area (Å²) < 4.78 is 0. The maximum absolute atomic E-state index is 5.05. The Labute approximate surface area is 102 Å². The van der Waals surface area contributed by atoms with Crippen LogP contribution in [0.1, 0.15) is 38.4 Å². The van der Waals surface area contributed by atoms with Gasteiger partial charge in [0.15, 0.2) is 5.11 Å². The van der Waals surface area contributed by atoms with Gasteiger partial charge in [-0.2, -0.15) is 0 Å². The first kappa shape index (κ1) is 13.0. The summed E-state index contributed by atoms with van der Waals surface area (Å²) in [6.45, 7) is 4.32. The Morgan fingerprint density at radius 3 is 2.81 bits per heavy atom. The highest BCUT2D eigenvalue weighted by molar-refractivity contribution is 7.80. The molecule has 2 atom stereocenters. The van der Waals surface area contributed by atoms with Crippen LogP contribution in [0.15, 0.2) is 12.4 Å². The molecule has 0 fully saturated rings. The summed E-state index contributed by atoms with van der Waals surface area (Å²) in [6.07, 6.45) is 5.82. The Morgan fingerprint density at radius 1 is 1.50 bits per heavy atom. The fourth-order valence-electron chi connectivity index (χ4n) is 1.55. The molecule has 2 unspecified atom stereocenters. The molecule has 3 N–H and O–H groups in total. The van der Waals surface area contributed by atoms with E-state index in [1.807, 2.05) is 13.2 Å². The van der Waals surface area contributed by atoms with Crippen LogP contribution in [0.4, 0.5) is 0 Å². The Bertz CT molecular complexity index is 310. The fourth-order valence-corrected chi connectivity index (χ4v) is 1.75. The number of thiocarbonyl (C=S) groups is 1. The zero-order chi connectivity index (χ0) is 12.0. The molecule has 0 aliphatic carbocycles. The number of nitrogens with zero attached hydrogens (tertiary/aromatic N) is 1. The number of H-pyrrole nitrogens is 1. The minimum absolute atomic E-state index is 0.386. The lowest BCUT2D eigenvalue weighted by atomic mass is 10.0. The largest absolute Gasteiger partial charge is 0.366 e. The van der Waals surface area contributed by atoms with E-state index in [0.29, 0.717) is 17.1 Å². The molecule has 0 amide bonds. The molecule has 0 bridgehead atoms. The summed E-state index contributed by atoms with van der Waals surface area (Å²) in [5.41, 5.74) is 0. The van der Waals surface area contributed by atoms with Crippen molar-refractivity contribution in [3.63, 3.8) is 0 Å². The maximum atomic E-state index is 5.05. The van der Waals surface area contributed by atoms with Crippen molar-refractivity contribution in [2.45, 2.75) is 38.6 Å². The van der Waals surface area contributed by atoms with Crippen LogP contribution in [-0.4, -0.2) is 28.2 Å². The molecule has 0 aliphatic rings. The minimum atomic E-state index is 0.386. The highest BCUT2D eigenvalue weighted by atomic mass is 32.1. The molecular formula is C11H20N4S. The number of aromatic nitrogens is 2. The van der Waals surface area contributed by atoms with Crippen LogP contribution in [-0.2, 0) is 0 Å². The second-order valence-corrected chi connectivity index (χ2v) is 4.49. The molecular weight excluding hydrogens is 220 g/mol. The average molecular weight is 240 g/mol. The van der Waals surface area contributed by atoms with E-state index >= 15 is 0 Å². The second-order valence-electron chi connectivity index (χ2n) is 4.08. The van der Waals surface area contributed by atoms with E-state index in [0.717, 1.165) is 18.7 Å². The third-order valence-corrected chi connectivity index (χ3v) is 2.95. The zero-order valence-electron chi connectivity index (χ0n) is 10.1. The predicted molar refractivity (Wildman–Crippen MR) is 70.5 cm³/mol.